The van der Waals surface area contributed by atoms with E-state index >= 15 is 0 Å². The molecule has 0 aromatic rings. The molecule has 1 fully saturated rings. The van der Waals surface area contributed by atoms with E-state index in [9.17, 15) is 4.79 Å². The van der Waals surface area contributed by atoms with Crippen LogP contribution >= 0.6 is 0 Å². The molecule has 2 N–H and O–H groups in total. The number of unbranched alkanes of at least 4 members (excludes halogenated alkanes) is 1. The number of rotatable bonds is 7. The van der Waals surface area contributed by atoms with Gasteiger partial charge in [0, 0.05) is 13.1 Å². The van der Waals surface area contributed by atoms with Crippen molar-refractivity contribution in [1.29, 1.82) is 0 Å². The summed E-state index contributed by atoms with van der Waals surface area (Å²) in [5, 5.41) is 6.42. The lowest BCUT2D eigenvalue weighted by atomic mass is 9.97. The van der Waals surface area contributed by atoms with Crippen LogP contribution in [0.25, 0.3) is 0 Å². The lowest BCUT2D eigenvalue weighted by molar-refractivity contribution is -0.125. The van der Waals surface area contributed by atoms with Gasteiger partial charge in [0.15, 0.2) is 0 Å². The molecule has 0 saturated carbocycles. The standard InChI is InChI=1S/C14H28N2O/c1-3-5-7-12(4-2)10-16-14(17)13-8-6-9-15-11-13/h12-13,15H,3-11H2,1-2H3,(H,16,17)/t12?,13-/m0/s1. The van der Waals surface area contributed by atoms with Gasteiger partial charge in [-0.1, -0.05) is 33.1 Å². The lowest BCUT2D eigenvalue weighted by Gasteiger charge is -2.23. The Labute approximate surface area is 106 Å². The van der Waals surface area contributed by atoms with Gasteiger partial charge < -0.3 is 10.6 Å². The number of hydrogen-bond acceptors (Lipinski definition) is 2. The number of amides is 1. The summed E-state index contributed by atoms with van der Waals surface area (Å²) in [5.41, 5.74) is 0. The van der Waals surface area contributed by atoms with Gasteiger partial charge in [0.05, 0.1) is 5.92 Å². The summed E-state index contributed by atoms with van der Waals surface area (Å²) in [6, 6.07) is 0. The van der Waals surface area contributed by atoms with Crippen molar-refractivity contribution in [2.24, 2.45) is 11.8 Å². The summed E-state index contributed by atoms with van der Waals surface area (Å²) in [6.07, 6.45) is 7.12. The van der Waals surface area contributed by atoms with E-state index in [0.29, 0.717) is 5.92 Å². The quantitative estimate of drug-likeness (QED) is 0.717. The third-order valence-corrected chi connectivity index (χ3v) is 3.78. The Balaban J connectivity index is 2.20. The van der Waals surface area contributed by atoms with Crippen molar-refractivity contribution in [2.75, 3.05) is 19.6 Å². The first-order valence-corrected chi connectivity index (χ1v) is 7.26. The Morgan fingerprint density at radius 1 is 1.47 bits per heavy atom. The van der Waals surface area contributed by atoms with Crippen LogP contribution in [-0.2, 0) is 4.79 Å². The fourth-order valence-electron chi connectivity index (χ4n) is 2.41. The highest BCUT2D eigenvalue weighted by molar-refractivity contribution is 5.78. The molecule has 1 amide bonds. The molecule has 1 rings (SSSR count). The molecule has 17 heavy (non-hydrogen) atoms. The van der Waals surface area contributed by atoms with Gasteiger partial charge in [0.25, 0.3) is 0 Å². The summed E-state index contributed by atoms with van der Waals surface area (Å²) in [5.74, 6) is 1.12. The molecule has 0 bridgehead atoms. The highest BCUT2D eigenvalue weighted by Gasteiger charge is 2.21. The van der Waals surface area contributed by atoms with Gasteiger partial charge in [-0.15, -0.1) is 0 Å². The summed E-state index contributed by atoms with van der Waals surface area (Å²) >= 11 is 0. The number of hydrogen-bond donors (Lipinski definition) is 2. The monoisotopic (exact) mass is 240 g/mol. The number of nitrogens with one attached hydrogen (secondary N) is 2. The van der Waals surface area contributed by atoms with E-state index in [-0.39, 0.29) is 11.8 Å². The van der Waals surface area contributed by atoms with Gasteiger partial charge in [-0.2, -0.15) is 0 Å². The van der Waals surface area contributed by atoms with Gasteiger partial charge >= 0.3 is 0 Å². The second kappa shape index (κ2) is 8.51. The molecule has 1 saturated heterocycles. The summed E-state index contributed by atoms with van der Waals surface area (Å²) in [4.78, 5) is 11.9. The maximum Gasteiger partial charge on any atom is 0.224 e. The van der Waals surface area contributed by atoms with E-state index in [2.05, 4.69) is 24.5 Å². The molecule has 1 unspecified atom stereocenters. The zero-order valence-corrected chi connectivity index (χ0v) is 11.4. The van der Waals surface area contributed by atoms with Crippen LogP contribution < -0.4 is 10.6 Å². The van der Waals surface area contributed by atoms with Crippen LogP contribution in [0, 0.1) is 11.8 Å². The van der Waals surface area contributed by atoms with Crippen molar-refractivity contribution >= 4 is 5.91 Å². The fraction of sp³-hybridized carbons (Fsp3) is 0.929. The largest absolute Gasteiger partial charge is 0.356 e. The Hall–Kier alpha value is -0.570. The molecule has 3 heteroatoms. The van der Waals surface area contributed by atoms with Crippen molar-refractivity contribution in [1.82, 2.24) is 10.6 Å². The summed E-state index contributed by atoms with van der Waals surface area (Å²) in [7, 11) is 0. The van der Waals surface area contributed by atoms with Crippen molar-refractivity contribution in [3.05, 3.63) is 0 Å². The number of carbonyl (C=O) groups excluding carboxylic acids is 1. The summed E-state index contributed by atoms with van der Waals surface area (Å²) < 4.78 is 0. The minimum atomic E-state index is 0.201. The fourth-order valence-corrected chi connectivity index (χ4v) is 2.41. The molecule has 0 aliphatic carbocycles. The smallest absolute Gasteiger partial charge is 0.224 e. The molecule has 2 atom stereocenters. The molecule has 0 radical (unpaired) electrons. The second-order valence-corrected chi connectivity index (χ2v) is 5.20. The third-order valence-electron chi connectivity index (χ3n) is 3.78. The Bertz CT molecular complexity index is 212. The zero-order chi connectivity index (χ0) is 12.5. The summed E-state index contributed by atoms with van der Waals surface area (Å²) in [6.45, 7) is 7.23. The van der Waals surface area contributed by atoms with E-state index < -0.39 is 0 Å². The molecule has 1 aliphatic heterocycles. The van der Waals surface area contributed by atoms with Crippen LogP contribution in [0.4, 0.5) is 0 Å². The van der Waals surface area contributed by atoms with Crippen LogP contribution in [0.15, 0.2) is 0 Å². The lowest BCUT2D eigenvalue weighted by Crippen LogP contribution is -2.41. The van der Waals surface area contributed by atoms with Crippen LogP contribution in [-0.4, -0.2) is 25.5 Å². The van der Waals surface area contributed by atoms with Gasteiger partial charge in [0.1, 0.15) is 0 Å². The van der Waals surface area contributed by atoms with E-state index in [4.69, 9.17) is 0 Å². The number of piperidine rings is 1. The van der Waals surface area contributed by atoms with Crippen LogP contribution in [0.3, 0.4) is 0 Å². The average molecular weight is 240 g/mol. The Morgan fingerprint density at radius 3 is 2.88 bits per heavy atom. The topological polar surface area (TPSA) is 41.1 Å². The molecule has 0 spiro atoms. The molecule has 0 aromatic carbocycles. The van der Waals surface area contributed by atoms with Gasteiger partial charge in [-0.05, 0) is 31.7 Å². The molecule has 1 heterocycles. The molecule has 3 nitrogen and oxygen atoms in total. The first kappa shape index (κ1) is 14.5. The highest BCUT2D eigenvalue weighted by Crippen LogP contribution is 2.13. The van der Waals surface area contributed by atoms with Gasteiger partial charge in [-0.3, -0.25) is 4.79 Å². The number of carbonyl (C=O) groups is 1. The Kier molecular flexibility index (Phi) is 7.25. The van der Waals surface area contributed by atoms with Crippen molar-refractivity contribution in [3.63, 3.8) is 0 Å². The minimum absolute atomic E-state index is 0.201. The third kappa shape index (κ3) is 5.53. The van der Waals surface area contributed by atoms with E-state index in [1.807, 2.05) is 0 Å². The van der Waals surface area contributed by atoms with E-state index in [0.717, 1.165) is 32.5 Å². The highest BCUT2D eigenvalue weighted by atomic mass is 16.1. The molecule has 0 aromatic heterocycles. The average Bonchev–Trinajstić information content (AvgIpc) is 2.39. The zero-order valence-electron chi connectivity index (χ0n) is 11.4. The van der Waals surface area contributed by atoms with E-state index in [1.54, 1.807) is 0 Å². The first-order chi connectivity index (χ1) is 8.27. The normalized spacial score (nSPS) is 22.1. The van der Waals surface area contributed by atoms with Crippen molar-refractivity contribution in [2.45, 2.75) is 52.4 Å². The van der Waals surface area contributed by atoms with Crippen molar-refractivity contribution in [3.8, 4) is 0 Å². The maximum absolute atomic E-state index is 11.9. The van der Waals surface area contributed by atoms with Gasteiger partial charge in [-0.25, -0.2) is 0 Å². The second-order valence-electron chi connectivity index (χ2n) is 5.20. The van der Waals surface area contributed by atoms with Crippen LogP contribution in [0.5, 0.6) is 0 Å². The molecular formula is C14H28N2O. The Morgan fingerprint density at radius 2 is 2.29 bits per heavy atom. The first-order valence-electron chi connectivity index (χ1n) is 7.26. The SMILES string of the molecule is CCCCC(CC)CNC(=O)[C@H]1CCCNC1. The predicted octanol–water partition coefficient (Wildman–Crippen LogP) is 2.32. The molecule has 1 aliphatic rings. The minimum Gasteiger partial charge on any atom is -0.356 e. The molecular weight excluding hydrogens is 212 g/mol. The van der Waals surface area contributed by atoms with Crippen LogP contribution in [0.2, 0.25) is 0 Å². The predicted molar refractivity (Wildman–Crippen MR) is 71.9 cm³/mol. The van der Waals surface area contributed by atoms with E-state index in [1.165, 1.54) is 25.7 Å². The van der Waals surface area contributed by atoms with Crippen molar-refractivity contribution < 1.29 is 4.79 Å². The maximum atomic E-state index is 11.9. The van der Waals surface area contributed by atoms with Crippen LogP contribution in [0.1, 0.15) is 52.4 Å². The molecule has 100 valence electrons. The van der Waals surface area contributed by atoms with Gasteiger partial charge in [0.2, 0.25) is 5.91 Å².